The molecule has 0 aliphatic heterocycles. The Labute approximate surface area is 124 Å². The second kappa shape index (κ2) is 6.01. The molecule has 0 spiro atoms. The Morgan fingerprint density at radius 1 is 1.25 bits per heavy atom. The number of thiocarbonyl (C=S) groups is 1. The highest BCUT2D eigenvalue weighted by molar-refractivity contribution is 7.80. The maximum absolute atomic E-state index is 5.81. The first kappa shape index (κ1) is 14.5. The summed E-state index contributed by atoms with van der Waals surface area (Å²) in [6.07, 6.45) is 0. The van der Waals surface area contributed by atoms with Crippen molar-refractivity contribution in [3.05, 3.63) is 53.2 Å². The number of hydrogen-bond acceptors (Lipinski definition) is 3. The molecule has 0 unspecified atom stereocenters. The largest absolute Gasteiger partial charge is 0.439 e. The van der Waals surface area contributed by atoms with Crippen LogP contribution in [-0.2, 0) is 0 Å². The number of aromatic nitrogens is 1. The van der Waals surface area contributed by atoms with Crippen molar-refractivity contribution >= 4 is 17.2 Å². The molecule has 0 radical (unpaired) electrons. The van der Waals surface area contributed by atoms with Crippen LogP contribution in [0.4, 0.5) is 0 Å². The summed E-state index contributed by atoms with van der Waals surface area (Å²) in [5.41, 5.74) is 8.47. The summed E-state index contributed by atoms with van der Waals surface area (Å²) in [7, 11) is 0. The van der Waals surface area contributed by atoms with Crippen molar-refractivity contribution in [3.8, 4) is 11.6 Å². The second-order valence-electron chi connectivity index (χ2n) is 5.03. The first-order valence-electron chi connectivity index (χ1n) is 6.52. The van der Waals surface area contributed by atoms with Crippen molar-refractivity contribution in [1.82, 2.24) is 4.98 Å². The van der Waals surface area contributed by atoms with Gasteiger partial charge in [0.25, 0.3) is 0 Å². The SMILES string of the molecule is Cc1cc(C(N)=S)cc(Oc2cccc(C(C)C)c2)n1. The van der Waals surface area contributed by atoms with Gasteiger partial charge in [-0.1, -0.05) is 38.2 Å². The predicted molar refractivity (Wildman–Crippen MR) is 85.5 cm³/mol. The molecule has 4 heteroatoms. The molecule has 0 fully saturated rings. The summed E-state index contributed by atoms with van der Waals surface area (Å²) in [6.45, 7) is 6.18. The molecule has 0 atom stereocenters. The van der Waals surface area contributed by atoms with Crippen LogP contribution >= 0.6 is 12.2 Å². The molecule has 0 saturated heterocycles. The maximum atomic E-state index is 5.81. The maximum Gasteiger partial charge on any atom is 0.220 e. The fourth-order valence-electron chi connectivity index (χ4n) is 1.89. The van der Waals surface area contributed by atoms with Gasteiger partial charge in [-0.2, -0.15) is 0 Å². The van der Waals surface area contributed by atoms with E-state index >= 15 is 0 Å². The van der Waals surface area contributed by atoms with E-state index in [1.54, 1.807) is 6.07 Å². The minimum absolute atomic E-state index is 0.344. The van der Waals surface area contributed by atoms with Crippen molar-refractivity contribution in [2.45, 2.75) is 26.7 Å². The van der Waals surface area contributed by atoms with Gasteiger partial charge in [-0.25, -0.2) is 4.98 Å². The number of nitrogens with two attached hydrogens (primary N) is 1. The molecule has 2 rings (SSSR count). The Morgan fingerprint density at radius 2 is 2.00 bits per heavy atom. The van der Waals surface area contributed by atoms with Gasteiger partial charge in [-0.05, 0) is 36.6 Å². The van der Waals surface area contributed by atoms with Crippen LogP contribution in [0.25, 0.3) is 0 Å². The first-order chi connectivity index (χ1) is 9.45. The van der Waals surface area contributed by atoms with E-state index in [1.807, 2.05) is 31.2 Å². The van der Waals surface area contributed by atoms with Gasteiger partial charge in [-0.3, -0.25) is 0 Å². The lowest BCUT2D eigenvalue weighted by molar-refractivity contribution is 0.460. The Hall–Kier alpha value is -1.94. The van der Waals surface area contributed by atoms with E-state index in [4.69, 9.17) is 22.7 Å². The van der Waals surface area contributed by atoms with E-state index in [0.717, 1.165) is 17.0 Å². The average Bonchev–Trinajstić information content (AvgIpc) is 2.38. The molecule has 0 amide bonds. The quantitative estimate of drug-likeness (QED) is 0.865. The second-order valence-corrected chi connectivity index (χ2v) is 5.47. The molecule has 0 aliphatic rings. The average molecular weight is 286 g/mol. The Bertz CT molecular complexity index is 638. The number of hydrogen-bond donors (Lipinski definition) is 1. The molecular weight excluding hydrogens is 268 g/mol. The minimum atomic E-state index is 0.344. The predicted octanol–water partition coefficient (Wildman–Crippen LogP) is 3.94. The van der Waals surface area contributed by atoms with Crippen molar-refractivity contribution in [2.75, 3.05) is 0 Å². The van der Waals surface area contributed by atoms with E-state index in [-0.39, 0.29) is 0 Å². The lowest BCUT2D eigenvalue weighted by Crippen LogP contribution is -2.10. The standard InChI is InChI=1S/C16H18N2OS/c1-10(2)12-5-4-6-14(8-12)19-15-9-13(16(17)20)7-11(3)18-15/h4-10H,1-3H3,(H2,17,20). The molecule has 0 aliphatic carbocycles. The van der Waals surface area contributed by atoms with Crippen molar-refractivity contribution in [2.24, 2.45) is 5.73 Å². The van der Waals surface area contributed by atoms with Gasteiger partial charge in [0.2, 0.25) is 5.88 Å². The highest BCUT2D eigenvalue weighted by Gasteiger charge is 2.06. The summed E-state index contributed by atoms with van der Waals surface area (Å²) < 4.78 is 5.81. The Morgan fingerprint density at radius 3 is 2.65 bits per heavy atom. The molecule has 20 heavy (non-hydrogen) atoms. The van der Waals surface area contributed by atoms with Crippen LogP contribution in [0.1, 0.15) is 36.6 Å². The van der Waals surface area contributed by atoms with E-state index in [9.17, 15) is 0 Å². The summed E-state index contributed by atoms with van der Waals surface area (Å²) in [5.74, 6) is 1.73. The monoisotopic (exact) mass is 286 g/mol. The van der Waals surface area contributed by atoms with Crippen LogP contribution in [0.5, 0.6) is 11.6 Å². The van der Waals surface area contributed by atoms with Crippen LogP contribution in [0.3, 0.4) is 0 Å². The van der Waals surface area contributed by atoms with Crippen molar-refractivity contribution in [3.63, 3.8) is 0 Å². The van der Waals surface area contributed by atoms with Gasteiger partial charge in [-0.15, -0.1) is 0 Å². The van der Waals surface area contributed by atoms with E-state index < -0.39 is 0 Å². The van der Waals surface area contributed by atoms with Crippen molar-refractivity contribution in [1.29, 1.82) is 0 Å². The molecule has 2 N–H and O–H groups in total. The lowest BCUT2D eigenvalue weighted by Gasteiger charge is -2.10. The fourth-order valence-corrected chi connectivity index (χ4v) is 2.01. The molecule has 0 saturated carbocycles. The number of rotatable bonds is 4. The number of pyridine rings is 1. The fraction of sp³-hybridized carbons (Fsp3) is 0.250. The lowest BCUT2D eigenvalue weighted by atomic mass is 10.0. The zero-order valence-electron chi connectivity index (χ0n) is 11.9. The van der Waals surface area contributed by atoms with Crippen LogP contribution in [-0.4, -0.2) is 9.97 Å². The van der Waals surface area contributed by atoms with E-state index in [2.05, 4.69) is 24.9 Å². The summed E-state index contributed by atoms with van der Waals surface area (Å²) >= 11 is 5.00. The summed E-state index contributed by atoms with van der Waals surface area (Å²) in [4.78, 5) is 4.69. The van der Waals surface area contributed by atoms with Crippen LogP contribution in [0.15, 0.2) is 36.4 Å². The van der Waals surface area contributed by atoms with Gasteiger partial charge in [0.1, 0.15) is 10.7 Å². The zero-order valence-corrected chi connectivity index (χ0v) is 12.7. The highest BCUT2D eigenvalue weighted by atomic mass is 32.1. The molecule has 0 bridgehead atoms. The molecular formula is C16H18N2OS. The molecule has 1 heterocycles. The summed E-state index contributed by atoms with van der Waals surface area (Å²) in [6, 6.07) is 11.6. The summed E-state index contributed by atoms with van der Waals surface area (Å²) in [5, 5.41) is 0. The van der Waals surface area contributed by atoms with Gasteiger partial charge in [0.05, 0.1) is 0 Å². The third-order valence-electron chi connectivity index (χ3n) is 2.96. The van der Waals surface area contributed by atoms with E-state index in [1.165, 1.54) is 5.56 Å². The molecule has 104 valence electrons. The molecule has 2 aromatic rings. The zero-order chi connectivity index (χ0) is 14.7. The minimum Gasteiger partial charge on any atom is -0.439 e. The topological polar surface area (TPSA) is 48.1 Å². The van der Waals surface area contributed by atoms with Gasteiger partial charge >= 0.3 is 0 Å². The normalized spacial score (nSPS) is 10.6. The highest BCUT2D eigenvalue weighted by Crippen LogP contribution is 2.25. The van der Waals surface area contributed by atoms with Gasteiger partial charge in [0.15, 0.2) is 0 Å². The van der Waals surface area contributed by atoms with Gasteiger partial charge in [0, 0.05) is 17.3 Å². The van der Waals surface area contributed by atoms with Crippen LogP contribution in [0.2, 0.25) is 0 Å². The first-order valence-corrected chi connectivity index (χ1v) is 6.93. The van der Waals surface area contributed by atoms with Gasteiger partial charge < -0.3 is 10.5 Å². The smallest absolute Gasteiger partial charge is 0.220 e. The Balaban J connectivity index is 2.30. The molecule has 1 aromatic carbocycles. The molecule has 3 nitrogen and oxygen atoms in total. The number of nitrogens with zero attached hydrogens (tertiary/aromatic N) is 1. The molecule has 1 aromatic heterocycles. The van der Waals surface area contributed by atoms with Crippen LogP contribution < -0.4 is 10.5 Å². The number of aryl methyl sites for hydroxylation is 1. The van der Waals surface area contributed by atoms with Crippen molar-refractivity contribution < 1.29 is 4.74 Å². The van der Waals surface area contributed by atoms with E-state index in [0.29, 0.717) is 16.8 Å². The van der Waals surface area contributed by atoms with Crippen LogP contribution in [0, 0.1) is 6.92 Å². The number of ether oxygens (including phenoxy) is 1. The third-order valence-corrected chi connectivity index (χ3v) is 3.20. The third kappa shape index (κ3) is 3.54. The Kier molecular flexibility index (Phi) is 4.35. The number of benzene rings is 1.